The maximum absolute atomic E-state index is 12.9. The summed E-state index contributed by atoms with van der Waals surface area (Å²) in [5, 5.41) is 10.7. The fourth-order valence-electron chi connectivity index (χ4n) is 8.33. The van der Waals surface area contributed by atoms with Gasteiger partial charge < -0.3 is 19.6 Å². The van der Waals surface area contributed by atoms with Crippen LogP contribution in [0.1, 0.15) is 124 Å². The standard InChI is InChI=1S/C33H37N3O4/c1-33(2,3)40-32(38)36-14-4-5-23(36)31-34-16-22(35-31)21-9-8-20(29-25-12-13-26(39-25)30(21)29)19-10-11-24(37)28-18-7-6-17(15-18)27(19)28/h8-11,16-18,23,25-26,37H,4-7,12-15H2,1-3H3,(H,34,35). The van der Waals surface area contributed by atoms with Gasteiger partial charge in [-0.05, 0) is 111 Å². The van der Waals surface area contributed by atoms with Crippen molar-refractivity contribution >= 4 is 6.09 Å². The monoisotopic (exact) mass is 539 g/mol. The molecule has 4 bridgehead atoms. The molecule has 3 fully saturated rings. The number of nitrogens with one attached hydrogen (secondary N) is 1. The number of hydrogen-bond donors (Lipinski definition) is 2. The highest BCUT2D eigenvalue weighted by atomic mass is 16.6. The minimum atomic E-state index is -0.530. The average Bonchev–Trinajstić information content (AvgIpc) is 3.77. The second-order valence-electron chi connectivity index (χ2n) is 13.4. The van der Waals surface area contributed by atoms with Gasteiger partial charge in [0.2, 0.25) is 0 Å². The molecule has 5 atom stereocenters. The van der Waals surface area contributed by atoms with Gasteiger partial charge in [-0.1, -0.05) is 18.2 Å². The Bertz CT molecular complexity index is 1540. The minimum Gasteiger partial charge on any atom is -0.508 e. The van der Waals surface area contributed by atoms with Crippen LogP contribution >= 0.6 is 0 Å². The number of aromatic nitrogens is 2. The summed E-state index contributed by atoms with van der Waals surface area (Å²) in [6.45, 7) is 6.38. The molecule has 7 nitrogen and oxygen atoms in total. The number of ether oxygens (including phenoxy) is 2. The Labute approximate surface area is 234 Å². The van der Waals surface area contributed by atoms with E-state index < -0.39 is 5.60 Å². The van der Waals surface area contributed by atoms with Crippen molar-refractivity contribution in [3.8, 4) is 28.1 Å². The van der Waals surface area contributed by atoms with Crippen molar-refractivity contribution in [3.63, 3.8) is 0 Å². The lowest BCUT2D eigenvalue weighted by Gasteiger charge is -2.27. The molecule has 40 heavy (non-hydrogen) atoms. The smallest absolute Gasteiger partial charge is 0.410 e. The second-order valence-corrected chi connectivity index (χ2v) is 13.4. The van der Waals surface area contributed by atoms with Gasteiger partial charge >= 0.3 is 6.09 Å². The van der Waals surface area contributed by atoms with E-state index >= 15 is 0 Å². The Morgan fingerprint density at radius 1 is 0.950 bits per heavy atom. The van der Waals surface area contributed by atoms with Gasteiger partial charge in [-0.15, -0.1) is 0 Å². The van der Waals surface area contributed by atoms with Crippen LogP contribution in [0.3, 0.4) is 0 Å². The van der Waals surface area contributed by atoms with Crippen LogP contribution in [-0.2, 0) is 9.47 Å². The molecule has 1 amide bonds. The number of amides is 1. The summed E-state index contributed by atoms with van der Waals surface area (Å²) < 4.78 is 12.2. The maximum Gasteiger partial charge on any atom is 0.410 e. The van der Waals surface area contributed by atoms with Crippen molar-refractivity contribution in [2.24, 2.45) is 0 Å². The van der Waals surface area contributed by atoms with E-state index in [0.29, 0.717) is 24.1 Å². The number of carbonyl (C=O) groups is 1. The van der Waals surface area contributed by atoms with E-state index in [4.69, 9.17) is 14.5 Å². The Kier molecular flexibility index (Phi) is 5.26. The van der Waals surface area contributed by atoms with Gasteiger partial charge in [-0.3, -0.25) is 4.90 Å². The van der Waals surface area contributed by atoms with Crippen LogP contribution in [0.15, 0.2) is 30.5 Å². The number of phenolic OH excluding ortho intramolecular Hbond substituents is 1. The number of likely N-dealkylation sites (tertiary alicyclic amines) is 1. The first-order chi connectivity index (χ1) is 19.3. The summed E-state index contributed by atoms with van der Waals surface area (Å²) in [7, 11) is 0. The van der Waals surface area contributed by atoms with Crippen LogP contribution in [0, 0.1) is 0 Å². The third-order valence-electron chi connectivity index (χ3n) is 9.84. The number of carbonyl (C=O) groups excluding carboxylic acids is 1. The van der Waals surface area contributed by atoms with E-state index in [1.807, 2.05) is 37.9 Å². The molecule has 8 rings (SSSR count). The second kappa shape index (κ2) is 8.59. The predicted molar refractivity (Wildman–Crippen MR) is 151 cm³/mol. The third-order valence-corrected chi connectivity index (χ3v) is 9.84. The molecular formula is C33H37N3O4. The summed E-state index contributed by atoms with van der Waals surface area (Å²) >= 11 is 0. The number of imidazole rings is 1. The molecule has 0 spiro atoms. The summed E-state index contributed by atoms with van der Waals surface area (Å²) in [4.78, 5) is 23.1. The highest BCUT2D eigenvalue weighted by molar-refractivity contribution is 5.82. The lowest BCUT2D eigenvalue weighted by Crippen LogP contribution is -2.36. The van der Waals surface area contributed by atoms with Crippen LogP contribution in [0.25, 0.3) is 22.4 Å². The number of rotatable bonds is 3. The van der Waals surface area contributed by atoms with Crippen LogP contribution in [0.5, 0.6) is 5.75 Å². The van der Waals surface area contributed by atoms with Gasteiger partial charge in [-0.2, -0.15) is 0 Å². The van der Waals surface area contributed by atoms with Crippen LogP contribution in [0.2, 0.25) is 0 Å². The first kappa shape index (κ1) is 24.5. The van der Waals surface area contributed by atoms with E-state index in [1.54, 1.807) is 0 Å². The van der Waals surface area contributed by atoms with Gasteiger partial charge in [0.1, 0.15) is 17.2 Å². The zero-order valence-electron chi connectivity index (χ0n) is 23.5. The molecule has 0 radical (unpaired) electrons. The Morgan fingerprint density at radius 2 is 1.62 bits per heavy atom. The number of fused-ring (bicyclic) bond motifs is 10. The molecule has 1 aromatic heterocycles. The lowest BCUT2D eigenvalue weighted by molar-refractivity contribution is 0.0218. The van der Waals surface area contributed by atoms with Crippen molar-refractivity contribution in [2.75, 3.05) is 6.54 Å². The van der Waals surface area contributed by atoms with E-state index in [-0.39, 0.29) is 24.3 Å². The topological polar surface area (TPSA) is 87.7 Å². The number of nitrogens with zero attached hydrogens (tertiary/aromatic N) is 2. The van der Waals surface area contributed by atoms with Crippen molar-refractivity contribution in [3.05, 3.63) is 58.5 Å². The SMILES string of the molecule is CC(C)(C)OC(=O)N1CCCC1c1ncc(-c2ccc(-c3ccc(O)c4c3C3CCC4C3)c3c2C2CCC3O2)[nH]1. The normalized spacial score (nSPS) is 27.9. The van der Waals surface area contributed by atoms with Crippen molar-refractivity contribution in [1.29, 1.82) is 0 Å². The molecule has 1 saturated carbocycles. The first-order valence-electron chi connectivity index (χ1n) is 15.0. The number of aromatic amines is 1. The van der Waals surface area contributed by atoms with Crippen molar-refractivity contribution in [2.45, 2.75) is 101 Å². The summed E-state index contributed by atoms with van der Waals surface area (Å²) in [6, 6.07) is 8.42. The zero-order valence-corrected chi connectivity index (χ0v) is 23.5. The number of H-pyrrole nitrogens is 1. The first-order valence-corrected chi connectivity index (χ1v) is 15.0. The average molecular weight is 540 g/mol. The van der Waals surface area contributed by atoms with Gasteiger partial charge in [-0.25, -0.2) is 9.78 Å². The lowest BCUT2D eigenvalue weighted by atomic mass is 9.79. The zero-order chi connectivity index (χ0) is 27.3. The van der Waals surface area contributed by atoms with Crippen LogP contribution in [-0.4, -0.2) is 38.2 Å². The molecule has 2 N–H and O–H groups in total. The molecule has 208 valence electrons. The van der Waals surface area contributed by atoms with Gasteiger partial charge in [0.05, 0.1) is 30.1 Å². The highest BCUT2D eigenvalue weighted by Crippen LogP contribution is 2.61. The fraction of sp³-hybridized carbons (Fsp3) is 0.515. The fourth-order valence-corrected chi connectivity index (χ4v) is 8.33. The van der Waals surface area contributed by atoms with Gasteiger partial charge in [0.15, 0.2) is 0 Å². The van der Waals surface area contributed by atoms with Crippen LogP contribution in [0.4, 0.5) is 4.79 Å². The largest absolute Gasteiger partial charge is 0.508 e. The maximum atomic E-state index is 12.9. The molecule has 2 aliphatic carbocycles. The summed E-state index contributed by atoms with van der Waals surface area (Å²) in [6.07, 6.45) is 9.28. The molecule has 2 aromatic carbocycles. The Hall–Kier alpha value is -3.32. The molecule has 3 aromatic rings. The molecular weight excluding hydrogens is 502 g/mol. The minimum absolute atomic E-state index is 0.0908. The van der Waals surface area contributed by atoms with Gasteiger partial charge in [0, 0.05) is 17.7 Å². The Morgan fingerprint density at radius 3 is 2.40 bits per heavy atom. The summed E-state index contributed by atoms with van der Waals surface area (Å²) in [5.41, 5.74) is 9.30. The predicted octanol–water partition coefficient (Wildman–Crippen LogP) is 7.79. The molecule has 5 aliphatic rings. The van der Waals surface area contributed by atoms with E-state index in [2.05, 4.69) is 23.2 Å². The van der Waals surface area contributed by atoms with Gasteiger partial charge in [0.25, 0.3) is 0 Å². The molecule has 4 heterocycles. The van der Waals surface area contributed by atoms with E-state index in [0.717, 1.165) is 42.8 Å². The van der Waals surface area contributed by atoms with Crippen molar-refractivity contribution in [1.82, 2.24) is 14.9 Å². The molecule has 3 aliphatic heterocycles. The third kappa shape index (κ3) is 3.59. The number of hydrogen-bond acceptors (Lipinski definition) is 5. The molecule has 5 unspecified atom stereocenters. The molecule has 7 heteroatoms. The highest BCUT2D eigenvalue weighted by Gasteiger charge is 2.45. The number of aromatic hydroxyl groups is 1. The van der Waals surface area contributed by atoms with Crippen LogP contribution < -0.4 is 0 Å². The van der Waals surface area contributed by atoms with E-state index in [9.17, 15) is 9.90 Å². The summed E-state index contributed by atoms with van der Waals surface area (Å²) in [5.74, 6) is 2.33. The van der Waals surface area contributed by atoms with Crippen molar-refractivity contribution < 1.29 is 19.4 Å². The Balaban J connectivity index is 1.18. The van der Waals surface area contributed by atoms with E-state index in [1.165, 1.54) is 52.6 Å². The number of benzene rings is 2. The number of phenols is 1. The quantitative estimate of drug-likeness (QED) is 0.355. The molecule has 2 saturated heterocycles.